The molecule has 13 heavy (non-hydrogen) atoms. The van der Waals surface area contributed by atoms with Crippen molar-refractivity contribution in [1.82, 2.24) is 0 Å². The van der Waals surface area contributed by atoms with Crippen LogP contribution in [0.3, 0.4) is 0 Å². The third-order valence-electron chi connectivity index (χ3n) is 1.93. The maximum atomic E-state index is 9.36. The van der Waals surface area contributed by atoms with E-state index in [1.165, 1.54) is 0 Å². The van der Waals surface area contributed by atoms with Gasteiger partial charge in [0.25, 0.3) is 0 Å². The summed E-state index contributed by atoms with van der Waals surface area (Å²) >= 11 is 3.27. The molecule has 0 heterocycles. The number of anilines is 1. The second kappa shape index (κ2) is 3.22. The highest BCUT2D eigenvalue weighted by molar-refractivity contribution is 9.10. The fourth-order valence-corrected chi connectivity index (χ4v) is 1.57. The van der Waals surface area contributed by atoms with E-state index in [2.05, 4.69) is 36.7 Å². The van der Waals surface area contributed by atoms with Gasteiger partial charge in [-0.2, -0.15) is 0 Å². The van der Waals surface area contributed by atoms with Crippen LogP contribution in [0, 0.1) is 0 Å². The largest absolute Gasteiger partial charge is 0.507 e. The molecular formula is C10H14BrNO. The number of hydrogen-bond donors (Lipinski definition) is 2. The zero-order valence-electron chi connectivity index (χ0n) is 8.06. The topological polar surface area (TPSA) is 46.2 Å². The number of benzene rings is 1. The fourth-order valence-electron chi connectivity index (χ4n) is 1.23. The lowest BCUT2D eigenvalue weighted by molar-refractivity contribution is 0.471. The molecule has 1 aromatic carbocycles. The maximum absolute atomic E-state index is 9.36. The maximum Gasteiger partial charge on any atom is 0.131 e. The van der Waals surface area contributed by atoms with Crippen molar-refractivity contribution >= 4 is 21.6 Å². The number of aromatic hydroxyl groups is 1. The fraction of sp³-hybridized carbons (Fsp3) is 0.400. The Morgan fingerprint density at radius 2 is 1.85 bits per heavy atom. The van der Waals surface area contributed by atoms with Crippen LogP contribution in [0.1, 0.15) is 26.3 Å². The molecule has 3 heteroatoms. The summed E-state index contributed by atoms with van der Waals surface area (Å²) in [5.74, 6) is 0.186. The van der Waals surface area contributed by atoms with E-state index >= 15 is 0 Å². The average Bonchev–Trinajstić information content (AvgIpc) is 1.94. The van der Waals surface area contributed by atoms with E-state index in [1.54, 1.807) is 6.07 Å². The van der Waals surface area contributed by atoms with E-state index < -0.39 is 0 Å². The predicted molar refractivity (Wildman–Crippen MR) is 58.9 cm³/mol. The summed E-state index contributed by atoms with van der Waals surface area (Å²) < 4.78 is 0.687. The summed E-state index contributed by atoms with van der Waals surface area (Å²) in [6.45, 7) is 6.26. The van der Waals surface area contributed by atoms with Crippen LogP contribution < -0.4 is 5.73 Å². The Hall–Kier alpha value is -0.700. The first-order chi connectivity index (χ1) is 5.82. The molecule has 0 aliphatic rings. The molecule has 0 saturated heterocycles. The zero-order chi connectivity index (χ0) is 10.2. The lowest BCUT2D eigenvalue weighted by atomic mass is 9.86. The van der Waals surface area contributed by atoms with Crippen LogP contribution in [0.2, 0.25) is 0 Å². The molecule has 0 radical (unpaired) electrons. The summed E-state index contributed by atoms with van der Waals surface area (Å²) in [6.07, 6.45) is 0. The molecule has 0 saturated carbocycles. The smallest absolute Gasteiger partial charge is 0.131 e. The van der Waals surface area contributed by atoms with Crippen molar-refractivity contribution in [2.45, 2.75) is 26.2 Å². The highest BCUT2D eigenvalue weighted by Gasteiger charge is 2.18. The first-order valence-electron chi connectivity index (χ1n) is 4.11. The molecule has 2 nitrogen and oxygen atoms in total. The van der Waals surface area contributed by atoms with Crippen LogP contribution in [-0.2, 0) is 5.41 Å². The van der Waals surface area contributed by atoms with Crippen LogP contribution in [0.5, 0.6) is 5.75 Å². The number of hydrogen-bond acceptors (Lipinski definition) is 2. The summed E-state index contributed by atoms with van der Waals surface area (Å²) in [4.78, 5) is 0. The van der Waals surface area contributed by atoms with Gasteiger partial charge in [-0.15, -0.1) is 0 Å². The van der Waals surface area contributed by atoms with Gasteiger partial charge in [0, 0.05) is 11.8 Å². The number of nitrogens with two attached hydrogens (primary N) is 1. The zero-order valence-corrected chi connectivity index (χ0v) is 9.64. The molecule has 0 spiro atoms. The van der Waals surface area contributed by atoms with Crippen molar-refractivity contribution < 1.29 is 5.11 Å². The van der Waals surface area contributed by atoms with E-state index in [0.29, 0.717) is 10.2 Å². The number of phenols is 1. The molecule has 0 atom stereocenters. The molecule has 0 aliphatic carbocycles. The van der Waals surface area contributed by atoms with E-state index in [1.807, 2.05) is 6.07 Å². The molecule has 0 bridgehead atoms. The van der Waals surface area contributed by atoms with Gasteiger partial charge in [0.15, 0.2) is 0 Å². The Morgan fingerprint density at radius 1 is 1.31 bits per heavy atom. The van der Waals surface area contributed by atoms with Gasteiger partial charge in [0.05, 0.1) is 4.47 Å². The van der Waals surface area contributed by atoms with Crippen molar-refractivity contribution in [2.24, 2.45) is 0 Å². The number of nitrogen functional groups attached to an aromatic ring is 1. The minimum absolute atomic E-state index is 0.000301. The molecule has 3 N–H and O–H groups in total. The van der Waals surface area contributed by atoms with Gasteiger partial charge in [-0.3, -0.25) is 0 Å². The van der Waals surface area contributed by atoms with Gasteiger partial charge in [-0.05, 0) is 33.0 Å². The Kier molecular flexibility index (Phi) is 2.57. The molecule has 1 aromatic rings. The quantitative estimate of drug-likeness (QED) is 0.689. The second-order valence-electron chi connectivity index (χ2n) is 4.14. The molecule has 0 aromatic heterocycles. The summed E-state index contributed by atoms with van der Waals surface area (Å²) in [5, 5.41) is 9.36. The molecule has 0 unspecified atom stereocenters. The van der Waals surface area contributed by atoms with Crippen molar-refractivity contribution in [3.05, 3.63) is 22.2 Å². The molecular weight excluding hydrogens is 230 g/mol. The number of rotatable bonds is 0. The van der Waals surface area contributed by atoms with Crippen molar-refractivity contribution in [1.29, 1.82) is 0 Å². The van der Waals surface area contributed by atoms with Gasteiger partial charge in [0.2, 0.25) is 0 Å². The van der Waals surface area contributed by atoms with E-state index in [4.69, 9.17) is 5.73 Å². The predicted octanol–water partition coefficient (Wildman–Crippen LogP) is 3.03. The van der Waals surface area contributed by atoms with Gasteiger partial charge >= 0.3 is 0 Å². The molecule has 0 aliphatic heterocycles. The van der Waals surface area contributed by atoms with Gasteiger partial charge in [-0.1, -0.05) is 20.8 Å². The molecule has 72 valence electrons. The highest BCUT2D eigenvalue weighted by Crippen LogP contribution is 2.35. The number of phenolic OH excluding ortho intramolecular Hbond substituents is 1. The Labute approximate surface area is 86.9 Å². The Morgan fingerprint density at radius 3 is 2.31 bits per heavy atom. The van der Waals surface area contributed by atoms with Crippen molar-refractivity contribution in [2.75, 3.05) is 5.73 Å². The van der Waals surface area contributed by atoms with Crippen LogP contribution in [0.15, 0.2) is 16.6 Å². The lowest BCUT2D eigenvalue weighted by Crippen LogP contribution is -2.13. The molecule has 0 fully saturated rings. The second-order valence-corrected chi connectivity index (χ2v) is 5.00. The Balaban J connectivity index is 3.32. The monoisotopic (exact) mass is 243 g/mol. The van der Waals surface area contributed by atoms with Crippen LogP contribution in [0.25, 0.3) is 0 Å². The molecule has 1 rings (SSSR count). The SMILES string of the molecule is CC(C)(C)c1cc(Br)c(O)cc1N. The van der Waals surface area contributed by atoms with Crippen LogP contribution in [0.4, 0.5) is 5.69 Å². The first kappa shape index (κ1) is 10.4. The molecule has 0 amide bonds. The third kappa shape index (κ3) is 2.15. The van der Waals surface area contributed by atoms with Gasteiger partial charge in [-0.25, -0.2) is 0 Å². The highest BCUT2D eigenvalue weighted by atomic mass is 79.9. The lowest BCUT2D eigenvalue weighted by Gasteiger charge is -2.21. The average molecular weight is 244 g/mol. The van der Waals surface area contributed by atoms with Gasteiger partial charge < -0.3 is 10.8 Å². The van der Waals surface area contributed by atoms with E-state index in [0.717, 1.165) is 5.56 Å². The van der Waals surface area contributed by atoms with Crippen LogP contribution in [-0.4, -0.2) is 5.11 Å². The van der Waals surface area contributed by atoms with E-state index in [-0.39, 0.29) is 11.2 Å². The Bertz CT molecular complexity index is 328. The van der Waals surface area contributed by atoms with Gasteiger partial charge in [0.1, 0.15) is 5.75 Å². The van der Waals surface area contributed by atoms with Crippen molar-refractivity contribution in [3.8, 4) is 5.75 Å². The van der Waals surface area contributed by atoms with Crippen molar-refractivity contribution in [3.63, 3.8) is 0 Å². The minimum atomic E-state index is 0.000301. The summed E-state index contributed by atoms with van der Waals surface area (Å²) in [7, 11) is 0. The third-order valence-corrected chi connectivity index (χ3v) is 2.56. The minimum Gasteiger partial charge on any atom is -0.507 e. The summed E-state index contributed by atoms with van der Waals surface area (Å²) in [5.41, 5.74) is 7.47. The van der Waals surface area contributed by atoms with Crippen LogP contribution >= 0.6 is 15.9 Å². The standard InChI is InChI=1S/C10H14BrNO/c1-10(2,3)6-4-7(11)9(13)5-8(6)12/h4-5,13H,12H2,1-3H3. The van der Waals surface area contributed by atoms with E-state index in [9.17, 15) is 5.11 Å². The first-order valence-corrected chi connectivity index (χ1v) is 4.90. The normalized spacial score (nSPS) is 11.7. The summed E-state index contributed by atoms with van der Waals surface area (Å²) in [6, 6.07) is 3.44. The number of halogens is 1.